The molecule has 0 bridgehead atoms. The minimum atomic E-state index is -0.663. The third kappa shape index (κ3) is 3.40. The van der Waals surface area contributed by atoms with Gasteiger partial charge in [-0.2, -0.15) is 0 Å². The van der Waals surface area contributed by atoms with Crippen LogP contribution in [0.25, 0.3) is 0 Å². The molecule has 0 amide bonds. The third-order valence-electron chi connectivity index (χ3n) is 2.24. The molecular weight excluding hydrogens is 208 g/mol. The molecule has 0 aliphatic carbocycles. The topological polar surface area (TPSA) is 47.9 Å². The number of rotatable bonds is 6. The van der Waals surface area contributed by atoms with Crippen molar-refractivity contribution in [3.05, 3.63) is 23.8 Å². The normalized spacial score (nSPS) is 12.2. The fraction of sp³-hybridized carbons (Fsp3) is 0.500. The number of methoxy groups -OCH3 is 2. The molecule has 0 aliphatic rings. The van der Waals surface area contributed by atoms with Crippen LogP contribution in [-0.2, 0) is 4.74 Å². The zero-order valence-corrected chi connectivity index (χ0v) is 9.90. The van der Waals surface area contributed by atoms with Crippen LogP contribution in [0, 0.1) is 0 Å². The maximum absolute atomic E-state index is 9.86. The van der Waals surface area contributed by atoms with Gasteiger partial charge in [0.15, 0.2) is 0 Å². The zero-order chi connectivity index (χ0) is 12.0. The first-order valence-electron chi connectivity index (χ1n) is 5.20. The molecule has 4 heteroatoms. The van der Waals surface area contributed by atoms with Crippen molar-refractivity contribution in [1.29, 1.82) is 0 Å². The summed E-state index contributed by atoms with van der Waals surface area (Å²) in [5, 5.41) is 9.86. The molecule has 1 unspecified atom stereocenters. The van der Waals surface area contributed by atoms with Crippen LogP contribution in [0.3, 0.4) is 0 Å². The smallest absolute Gasteiger partial charge is 0.122 e. The van der Waals surface area contributed by atoms with Crippen molar-refractivity contribution in [3.63, 3.8) is 0 Å². The maximum atomic E-state index is 9.86. The van der Waals surface area contributed by atoms with Gasteiger partial charge in [-0.1, -0.05) is 0 Å². The number of benzene rings is 1. The summed E-state index contributed by atoms with van der Waals surface area (Å²) in [5.41, 5.74) is 0.727. The van der Waals surface area contributed by atoms with E-state index in [2.05, 4.69) is 0 Å². The molecule has 1 aromatic carbocycles. The van der Waals surface area contributed by atoms with Crippen molar-refractivity contribution >= 4 is 0 Å². The van der Waals surface area contributed by atoms with Gasteiger partial charge in [-0.3, -0.25) is 0 Å². The van der Waals surface area contributed by atoms with Crippen molar-refractivity contribution in [2.45, 2.75) is 13.0 Å². The lowest BCUT2D eigenvalue weighted by molar-refractivity contribution is 0.0418. The van der Waals surface area contributed by atoms with Gasteiger partial charge in [0.1, 0.15) is 17.6 Å². The maximum Gasteiger partial charge on any atom is 0.122 e. The highest BCUT2D eigenvalue weighted by Gasteiger charge is 2.10. The number of aliphatic hydroxyl groups excluding tert-OH is 1. The number of ether oxygens (including phenoxy) is 3. The molecule has 4 nitrogen and oxygen atoms in total. The summed E-state index contributed by atoms with van der Waals surface area (Å²) in [5.74, 6) is 1.31. The van der Waals surface area contributed by atoms with Gasteiger partial charge in [0, 0.05) is 12.7 Å². The molecule has 0 spiro atoms. The summed E-state index contributed by atoms with van der Waals surface area (Å²) in [6, 6.07) is 5.30. The quantitative estimate of drug-likeness (QED) is 0.803. The second-order valence-electron chi connectivity index (χ2n) is 3.32. The summed E-state index contributed by atoms with van der Waals surface area (Å²) < 4.78 is 15.4. The monoisotopic (exact) mass is 226 g/mol. The first-order valence-corrected chi connectivity index (χ1v) is 5.20. The molecule has 0 heterocycles. The fourth-order valence-electron chi connectivity index (χ4n) is 1.35. The van der Waals surface area contributed by atoms with Gasteiger partial charge in [0.2, 0.25) is 0 Å². The molecule has 1 atom stereocenters. The van der Waals surface area contributed by atoms with E-state index in [0.29, 0.717) is 18.1 Å². The van der Waals surface area contributed by atoms with Crippen molar-refractivity contribution in [1.82, 2.24) is 0 Å². The van der Waals surface area contributed by atoms with Crippen LogP contribution in [0.5, 0.6) is 11.5 Å². The summed E-state index contributed by atoms with van der Waals surface area (Å²) >= 11 is 0. The molecule has 16 heavy (non-hydrogen) atoms. The minimum Gasteiger partial charge on any atom is -0.497 e. The van der Waals surface area contributed by atoms with Gasteiger partial charge in [-0.15, -0.1) is 0 Å². The average Bonchev–Trinajstić information content (AvgIpc) is 2.35. The molecule has 1 N–H and O–H groups in total. The lowest BCUT2D eigenvalue weighted by Crippen LogP contribution is -2.07. The summed E-state index contributed by atoms with van der Waals surface area (Å²) in [7, 11) is 3.15. The standard InChI is InChI=1S/C12H18O4/c1-4-16-8-12(13)9-5-10(14-2)7-11(6-9)15-3/h5-7,12-13H,4,8H2,1-3H3. The lowest BCUT2D eigenvalue weighted by Gasteiger charge is -2.13. The molecule has 1 aromatic rings. The predicted molar refractivity (Wildman–Crippen MR) is 61.0 cm³/mol. The van der Waals surface area contributed by atoms with E-state index in [1.807, 2.05) is 6.92 Å². The Bertz CT molecular complexity index is 303. The number of aliphatic hydroxyl groups is 1. The molecule has 0 aliphatic heterocycles. The average molecular weight is 226 g/mol. The molecule has 0 aromatic heterocycles. The highest BCUT2D eigenvalue weighted by Crippen LogP contribution is 2.26. The van der Waals surface area contributed by atoms with Gasteiger partial charge in [0.25, 0.3) is 0 Å². The molecule has 0 radical (unpaired) electrons. The first-order chi connectivity index (χ1) is 7.71. The Balaban J connectivity index is 2.85. The molecular formula is C12H18O4. The SMILES string of the molecule is CCOCC(O)c1cc(OC)cc(OC)c1. The van der Waals surface area contributed by atoms with Crippen LogP contribution in [0.2, 0.25) is 0 Å². The number of hydrogen-bond acceptors (Lipinski definition) is 4. The van der Waals surface area contributed by atoms with Gasteiger partial charge in [-0.05, 0) is 24.6 Å². The highest BCUT2D eigenvalue weighted by molar-refractivity contribution is 5.39. The fourth-order valence-corrected chi connectivity index (χ4v) is 1.35. The van der Waals surface area contributed by atoms with E-state index in [0.717, 1.165) is 5.56 Å². The van der Waals surface area contributed by atoms with Crippen molar-refractivity contribution in [2.24, 2.45) is 0 Å². The largest absolute Gasteiger partial charge is 0.497 e. The van der Waals surface area contributed by atoms with E-state index in [1.54, 1.807) is 32.4 Å². The second kappa shape index (κ2) is 6.35. The van der Waals surface area contributed by atoms with Gasteiger partial charge >= 0.3 is 0 Å². The Morgan fingerprint density at radius 3 is 2.12 bits per heavy atom. The Labute approximate surface area is 95.8 Å². The van der Waals surface area contributed by atoms with E-state index in [1.165, 1.54) is 0 Å². The van der Waals surface area contributed by atoms with E-state index in [9.17, 15) is 5.11 Å². The highest BCUT2D eigenvalue weighted by atomic mass is 16.5. The summed E-state index contributed by atoms with van der Waals surface area (Å²) in [4.78, 5) is 0. The summed E-state index contributed by atoms with van der Waals surface area (Å²) in [6.07, 6.45) is -0.663. The Morgan fingerprint density at radius 1 is 1.12 bits per heavy atom. The van der Waals surface area contributed by atoms with Crippen LogP contribution >= 0.6 is 0 Å². The van der Waals surface area contributed by atoms with Gasteiger partial charge in [0.05, 0.1) is 20.8 Å². The minimum absolute atomic E-state index is 0.271. The molecule has 1 rings (SSSR count). The summed E-state index contributed by atoms with van der Waals surface area (Å²) in [6.45, 7) is 2.74. The Morgan fingerprint density at radius 2 is 1.69 bits per heavy atom. The predicted octanol–water partition coefficient (Wildman–Crippen LogP) is 1.77. The van der Waals surface area contributed by atoms with Crippen LogP contribution in [0.15, 0.2) is 18.2 Å². The Kier molecular flexibility index (Phi) is 5.08. The van der Waals surface area contributed by atoms with E-state index in [-0.39, 0.29) is 6.61 Å². The number of hydrogen-bond donors (Lipinski definition) is 1. The van der Waals surface area contributed by atoms with E-state index >= 15 is 0 Å². The zero-order valence-electron chi connectivity index (χ0n) is 9.90. The van der Waals surface area contributed by atoms with Crippen LogP contribution < -0.4 is 9.47 Å². The van der Waals surface area contributed by atoms with Crippen molar-refractivity contribution in [2.75, 3.05) is 27.4 Å². The molecule has 0 fully saturated rings. The van der Waals surface area contributed by atoms with Crippen LogP contribution in [0.4, 0.5) is 0 Å². The van der Waals surface area contributed by atoms with Gasteiger partial charge in [-0.25, -0.2) is 0 Å². The molecule has 90 valence electrons. The van der Waals surface area contributed by atoms with Gasteiger partial charge < -0.3 is 19.3 Å². The van der Waals surface area contributed by atoms with Crippen molar-refractivity contribution in [3.8, 4) is 11.5 Å². The lowest BCUT2D eigenvalue weighted by atomic mass is 10.1. The van der Waals surface area contributed by atoms with E-state index in [4.69, 9.17) is 14.2 Å². The Hall–Kier alpha value is -1.26. The van der Waals surface area contributed by atoms with Crippen molar-refractivity contribution < 1.29 is 19.3 Å². The second-order valence-corrected chi connectivity index (χ2v) is 3.32. The first kappa shape index (κ1) is 12.8. The van der Waals surface area contributed by atoms with Crippen LogP contribution in [0.1, 0.15) is 18.6 Å². The molecule has 0 saturated carbocycles. The van der Waals surface area contributed by atoms with E-state index < -0.39 is 6.10 Å². The van der Waals surface area contributed by atoms with Crippen LogP contribution in [-0.4, -0.2) is 32.5 Å². The third-order valence-corrected chi connectivity index (χ3v) is 2.24. The molecule has 0 saturated heterocycles.